The van der Waals surface area contributed by atoms with Gasteiger partial charge in [0.1, 0.15) is 0 Å². The number of aromatic amines is 1. The average Bonchev–Trinajstić information content (AvgIpc) is 3.56. The van der Waals surface area contributed by atoms with E-state index in [4.69, 9.17) is 4.74 Å². The normalized spacial score (nSPS) is 13.7. The number of fused-ring (bicyclic) bond motifs is 1. The molecule has 1 N–H and O–H groups in total. The highest BCUT2D eigenvalue weighted by molar-refractivity contribution is 6.05. The lowest BCUT2D eigenvalue weighted by atomic mass is 10.0. The van der Waals surface area contributed by atoms with Crippen molar-refractivity contribution in [3.8, 4) is 0 Å². The molecule has 3 rings (SSSR count). The molecule has 1 aliphatic rings. The fraction of sp³-hybridized carbons (Fsp3) is 0.625. The Labute approximate surface area is 193 Å². The molecule has 0 bridgehead atoms. The third kappa shape index (κ3) is 5.89. The second kappa shape index (κ2) is 10.3. The number of esters is 1. The fourth-order valence-electron chi connectivity index (χ4n) is 3.81. The Morgan fingerprint density at radius 2 is 1.94 bits per heavy atom. The maximum absolute atomic E-state index is 13.7. The Balaban J connectivity index is 2.13. The molecule has 0 atom stereocenters. The zero-order valence-corrected chi connectivity index (χ0v) is 20.1. The van der Waals surface area contributed by atoms with Gasteiger partial charge in [-0.3, -0.25) is 23.9 Å². The number of carbonyl (C=O) groups excluding carboxylic acids is 2. The zero-order chi connectivity index (χ0) is 24.3. The van der Waals surface area contributed by atoms with Crippen molar-refractivity contribution in [2.45, 2.75) is 66.3 Å². The van der Waals surface area contributed by atoms with Crippen LogP contribution in [0.3, 0.4) is 0 Å². The quantitative estimate of drug-likeness (QED) is 0.548. The number of aromatic nitrogens is 3. The number of hydrogen-bond donors (Lipinski definition) is 1. The lowest BCUT2D eigenvalue weighted by Crippen LogP contribution is -2.37. The smallest absolute Gasteiger partial charge is 0.330 e. The molecule has 2 aromatic rings. The molecule has 1 aliphatic carbocycles. The summed E-state index contributed by atoms with van der Waals surface area (Å²) in [7, 11) is 0. The number of pyridine rings is 1. The molecule has 33 heavy (non-hydrogen) atoms. The first-order valence-electron chi connectivity index (χ1n) is 11.7. The highest BCUT2D eigenvalue weighted by Crippen LogP contribution is 2.31. The third-order valence-electron chi connectivity index (χ3n) is 5.69. The van der Waals surface area contributed by atoms with Crippen LogP contribution in [0.1, 0.15) is 75.9 Å². The largest absolute Gasteiger partial charge is 0.466 e. The molecule has 0 unspecified atom stereocenters. The molecule has 1 amide bonds. The zero-order valence-electron chi connectivity index (χ0n) is 20.1. The summed E-state index contributed by atoms with van der Waals surface area (Å²) < 4.78 is 6.46. The predicted octanol–water partition coefficient (Wildman–Crippen LogP) is 2.67. The molecule has 2 aromatic heterocycles. The molecule has 0 saturated heterocycles. The van der Waals surface area contributed by atoms with Gasteiger partial charge in [0, 0.05) is 25.3 Å². The van der Waals surface area contributed by atoms with E-state index in [0.717, 1.165) is 12.8 Å². The molecule has 9 nitrogen and oxygen atoms in total. The van der Waals surface area contributed by atoms with Crippen molar-refractivity contribution < 1.29 is 14.3 Å². The standard InChI is InChI=1S/C24H34N4O5/c1-6-33-19(29)9-10-27(13-16-7-8-16)23(31)17-11-18(15(4)5)25-21-20(17)22(30)26-24(32)28(21)12-14(2)3/h11,14-16H,6-10,12-13H2,1-5H3,(H,26,30,32). The minimum atomic E-state index is -0.627. The summed E-state index contributed by atoms with van der Waals surface area (Å²) in [6, 6.07) is 1.65. The number of carbonyl (C=O) groups is 2. The lowest BCUT2D eigenvalue weighted by Gasteiger charge is -2.24. The molecular weight excluding hydrogens is 424 g/mol. The van der Waals surface area contributed by atoms with Gasteiger partial charge in [0.15, 0.2) is 5.65 Å². The van der Waals surface area contributed by atoms with Gasteiger partial charge in [-0.15, -0.1) is 0 Å². The molecule has 0 aliphatic heterocycles. The number of nitrogens with one attached hydrogen (secondary N) is 1. The van der Waals surface area contributed by atoms with Gasteiger partial charge in [-0.05, 0) is 43.6 Å². The van der Waals surface area contributed by atoms with Gasteiger partial charge in [-0.25, -0.2) is 9.78 Å². The van der Waals surface area contributed by atoms with Crippen molar-refractivity contribution >= 4 is 22.9 Å². The van der Waals surface area contributed by atoms with E-state index in [-0.39, 0.29) is 59.9 Å². The second-order valence-corrected chi connectivity index (χ2v) is 9.46. The summed E-state index contributed by atoms with van der Waals surface area (Å²) in [4.78, 5) is 59.8. The van der Waals surface area contributed by atoms with E-state index in [9.17, 15) is 19.2 Å². The van der Waals surface area contributed by atoms with Gasteiger partial charge >= 0.3 is 11.7 Å². The molecule has 9 heteroatoms. The highest BCUT2D eigenvalue weighted by Gasteiger charge is 2.30. The van der Waals surface area contributed by atoms with Crippen molar-refractivity contribution in [3.05, 3.63) is 38.2 Å². The van der Waals surface area contributed by atoms with Crippen molar-refractivity contribution in [3.63, 3.8) is 0 Å². The van der Waals surface area contributed by atoms with Crippen LogP contribution < -0.4 is 11.2 Å². The Hall–Kier alpha value is -2.97. The van der Waals surface area contributed by atoms with Crippen LogP contribution >= 0.6 is 0 Å². The van der Waals surface area contributed by atoms with E-state index < -0.39 is 11.2 Å². The Kier molecular flexibility index (Phi) is 7.71. The van der Waals surface area contributed by atoms with Crippen LogP contribution in [0.15, 0.2) is 15.7 Å². The van der Waals surface area contributed by atoms with Gasteiger partial charge in [0.25, 0.3) is 11.5 Å². The van der Waals surface area contributed by atoms with Gasteiger partial charge in [0.05, 0.1) is 24.0 Å². The predicted molar refractivity (Wildman–Crippen MR) is 125 cm³/mol. The summed E-state index contributed by atoms with van der Waals surface area (Å²) in [5.74, 6) is -0.181. The molecule has 1 fully saturated rings. The summed E-state index contributed by atoms with van der Waals surface area (Å²) in [6.45, 7) is 10.9. The minimum Gasteiger partial charge on any atom is -0.466 e. The maximum Gasteiger partial charge on any atom is 0.330 e. The van der Waals surface area contributed by atoms with Crippen LogP contribution in [0.5, 0.6) is 0 Å². The molecule has 0 aromatic carbocycles. The first-order chi connectivity index (χ1) is 15.6. The van der Waals surface area contributed by atoms with Crippen LogP contribution in [0.25, 0.3) is 11.0 Å². The van der Waals surface area contributed by atoms with Crippen LogP contribution in [0.2, 0.25) is 0 Å². The van der Waals surface area contributed by atoms with E-state index >= 15 is 0 Å². The van der Waals surface area contributed by atoms with E-state index in [2.05, 4.69) is 9.97 Å². The van der Waals surface area contributed by atoms with Crippen molar-refractivity contribution in [2.24, 2.45) is 11.8 Å². The highest BCUT2D eigenvalue weighted by atomic mass is 16.5. The molecular formula is C24H34N4O5. The minimum absolute atomic E-state index is 0.0146. The lowest BCUT2D eigenvalue weighted by molar-refractivity contribution is -0.143. The maximum atomic E-state index is 13.7. The molecule has 1 saturated carbocycles. The Morgan fingerprint density at radius 1 is 1.24 bits per heavy atom. The number of ether oxygens (including phenoxy) is 1. The third-order valence-corrected chi connectivity index (χ3v) is 5.69. The van der Waals surface area contributed by atoms with E-state index in [0.29, 0.717) is 24.7 Å². The van der Waals surface area contributed by atoms with E-state index in [1.807, 2.05) is 27.7 Å². The van der Waals surface area contributed by atoms with Gasteiger partial charge in [-0.2, -0.15) is 0 Å². The molecule has 0 radical (unpaired) electrons. The first kappa shape index (κ1) is 24.7. The molecule has 2 heterocycles. The summed E-state index contributed by atoms with van der Waals surface area (Å²) in [6.07, 6.45) is 2.15. The monoisotopic (exact) mass is 458 g/mol. The fourth-order valence-corrected chi connectivity index (χ4v) is 3.81. The van der Waals surface area contributed by atoms with Gasteiger partial charge in [-0.1, -0.05) is 27.7 Å². The van der Waals surface area contributed by atoms with Crippen LogP contribution in [0, 0.1) is 11.8 Å². The van der Waals surface area contributed by atoms with Gasteiger partial charge in [0.2, 0.25) is 0 Å². The Morgan fingerprint density at radius 3 is 2.52 bits per heavy atom. The van der Waals surface area contributed by atoms with Crippen LogP contribution in [-0.2, 0) is 16.1 Å². The van der Waals surface area contributed by atoms with Crippen molar-refractivity contribution in [1.29, 1.82) is 0 Å². The van der Waals surface area contributed by atoms with E-state index in [1.54, 1.807) is 17.9 Å². The number of nitrogens with zero attached hydrogens (tertiary/aromatic N) is 3. The number of hydrogen-bond acceptors (Lipinski definition) is 6. The summed E-state index contributed by atoms with van der Waals surface area (Å²) in [5.41, 5.74) is -0.0936. The van der Waals surface area contributed by atoms with Crippen molar-refractivity contribution in [2.75, 3.05) is 19.7 Å². The second-order valence-electron chi connectivity index (χ2n) is 9.46. The average molecular weight is 459 g/mol. The van der Waals surface area contributed by atoms with Crippen LogP contribution in [0.4, 0.5) is 0 Å². The van der Waals surface area contributed by atoms with E-state index in [1.165, 1.54) is 4.57 Å². The Bertz CT molecular complexity index is 1140. The number of amides is 1. The molecule has 0 spiro atoms. The summed E-state index contributed by atoms with van der Waals surface area (Å²) >= 11 is 0. The molecule has 180 valence electrons. The van der Waals surface area contributed by atoms with Crippen LogP contribution in [-0.4, -0.2) is 51.0 Å². The first-order valence-corrected chi connectivity index (χ1v) is 11.7. The SMILES string of the molecule is CCOC(=O)CCN(CC1CC1)C(=O)c1cc(C(C)C)nc2c1c(=O)[nH]c(=O)n2CC(C)C. The summed E-state index contributed by atoms with van der Waals surface area (Å²) in [5, 5.41) is 0.113. The van der Waals surface area contributed by atoms with Crippen molar-refractivity contribution in [1.82, 2.24) is 19.4 Å². The topological polar surface area (TPSA) is 114 Å². The number of H-pyrrole nitrogens is 1. The van der Waals surface area contributed by atoms with Gasteiger partial charge < -0.3 is 9.64 Å². The number of rotatable bonds is 10.